The fraction of sp³-hybridized carbons (Fsp3) is 0.500. The Balaban J connectivity index is 1.80. The fourth-order valence-corrected chi connectivity index (χ4v) is 3.37. The number of nitrogens with zero attached hydrogens (tertiary/aromatic N) is 4. The standard InChI is InChI=1S/C16H21N5O2S/c1-9(2)12-7-23-16(22)21(12)13-5-6-17-15(20-13)19-11(4)14-18-10(3)8-24-14/h5-6,8-9,11-12H,7H2,1-4H3,(H,17,19,20). The van der Waals surface area contributed by atoms with Crippen molar-refractivity contribution in [1.82, 2.24) is 15.0 Å². The number of hydrogen-bond donors (Lipinski definition) is 1. The number of amides is 1. The lowest BCUT2D eigenvalue weighted by Crippen LogP contribution is -2.37. The van der Waals surface area contributed by atoms with Crippen LogP contribution in [0.5, 0.6) is 0 Å². The van der Waals surface area contributed by atoms with Crippen molar-refractivity contribution in [3.63, 3.8) is 0 Å². The monoisotopic (exact) mass is 347 g/mol. The highest BCUT2D eigenvalue weighted by Crippen LogP contribution is 2.27. The molecule has 7 nitrogen and oxygen atoms in total. The predicted molar refractivity (Wildman–Crippen MR) is 93.4 cm³/mol. The first kappa shape index (κ1) is 16.6. The lowest BCUT2D eigenvalue weighted by atomic mass is 10.0. The zero-order valence-electron chi connectivity index (χ0n) is 14.2. The van der Waals surface area contributed by atoms with Gasteiger partial charge < -0.3 is 10.1 Å². The third-order valence-corrected chi connectivity index (χ3v) is 5.06. The Morgan fingerprint density at radius 2 is 2.17 bits per heavy atom. The van der Waals surface area contributed by atoms with Crippen molar-refractivity contribution in [2.24, 2.45) is 5.92 Å². The Bertz CT molecular complexity index is 733. The quantitative estimate of drug-likeness (QED) is 0.893. The van der Waals surface area contributed by atoms with Crippen LogP contribution in [0.3, 0.4) is 0 Å². The van der Waals surface area contributed by atoms with E-state index in [1.807, 2.05) is 19.2 Å². The van der Waals surface area contributed by atoms with Gasteiger partial charge in [0, 0.05) is 17.3 Å². The summed E-state index contributed by atoms with van der Waals surface area (Å²) in [6.45, 7) is 8.49. The summed E-state index contributed by atoms with van der Waals surface area (Å²) in [5.41, 5.74) is 0.998. The molecule has 0 saturated carbocycles. The molecule has 0 bridgehead atoms. The molecule has 2 atom stereocenters. The molecular weight excluding hydrogens is 326 g/mol. The molecule has 0 aromatic carbocycles. The minimum Gasteiger partial charge on any atom is -0.447 e. The summed E-state index contributed by atoms with van der Waals surface area (Å²) in [5, 5.41) is 6.23. The molecular formula is C16H21N5O2S. The highest BCUT2D eigenvalue weighted by Gasteiger charge is 2.37. The zero-order chi connectivity index (χ0) is 17.3. The summed E-state index contributed by atoms with van der Waals surface area (Å²) in [5.74, 6) is 1.30. The Morgan fingerprint density at radius 1 is 1.38 bits per heavy atom. The molecule has 1 amide bonds. The van der Waals surface area contributed by atoms with Gasteiger partial charge in [0.25, 0.3) is 0 Å². The molecule has 1 aliphatic rings. The van der Waals surface area contributed by atoms with Crippen molar-refractivity contribution in [2.45, 2.75) is 39.8 Å². The van der Waals surface area contributed by atoms with Crippen LogP contribution in [0.2, 0.25) is 0 Å². The van der Waals surface area contributed by atoms with Crippen LogP contribution in [-0.4, -0.2) is 33.7 Å². The van der Waals surface area contributed by atoms with Gasteiger partial charge in [0.1, 0.15) is 17.4 Å². The molecule has 0 spiro atoms. The first-order chi connectivity index (χ1) is 11.5. The smallest absolute Gasteiger partial charge is 0.415 e. The third kappa shape index (κ3) is 3.33. The molecule has 1 saturated heterocycles. The Kier molecular flexibility index (Phi) is 4.66. The molecule has 24 heavy (non-hydrogen) atoms. The van der Waals surface area contributed by atoms with Gasteiger partial charge in [-0.3, -0.25) is 4.90 Å². The number of cyclic esters (lactones) is 1. The van der Waals surface area contributed by atoms with Crippen LogP contribution in [0.15, 0.2) is 17.6 Å². The van der Waals surface area contributed by atoms with E-state index in [-0.39, 0.29) is 24.1 Å². The van der Waals surface area contributed by atoms with Crippen molar-refractivity contribution < 1.29 is 9.53 Å². The number of aryl methyl sites for hydroxylation is 1. The second-order valence-corrected chi connectivity index (χ2v) is 7.08. The van der Waals surface area contributed by atoms with Crippen LogP contribution in [-0.2, 0) is 4.74 Å². The number of anilines is 2. The summed E-state index contributed by atoms with van der Waals surface area (Å²) in [4.78, 5) is 26.9. The van der Waals surface area contributed by atoms with Gasteiger partial charge in [0.05, 0.1) is 12.1 Å². The second kappa shape index (κ2) is 6.72. The van der Waals surface area contributed by atoms with Crippen molar-refractivity contribution >= 4 is 29.2 Å². The minimum atomic E-state index is -0.359. The molecule has 1 fully saturated rings. The van der Waals surface area contributed by atoms with Crippen LogP contribution < -0.4 is 10.2 Å². The number of nitrogens with one attached hydrogen (secondary N) is 1. The van der Waals surface area contributed by atoms with Crippen LogP contribution in [0, 0.1) is 12.8 Å². The molecule has 1 aliphatic heterocycles. The predicted octanol–water partition coefficient (Wildman–Crippen LogP) is 3.40. The maximum absolute atomic E-state index is 12.1. The van der Waals surface area contributed by atoms with Gasteiger partial charge in [-0.1, -0.05) is 13.8 Å². The van der Waals surface area contributed by atoms with Crippen molar-refractivity contribution in [3.8, 4) is 0 Å². The van der Waals surface area contributed by atoms with Gasteiger partial charge in [-0.15, -0.1) is 11.3 Å². The van der Waals surface area contributed by atoms with Crippen LogP contribution in [0.1, 0.15) is 37.5 Å². The summed E-state index contributed by atoms with van der Waals surface area (Å²) in [6, 6.07) is 1.70. The van der Waals surface area contributed by atoms with E-state index in [2.05, 4.69) is 34.1 Å². The highest BCUT2D eigenvalue weighted by atomic mass is 32.1. The van der Waals surface area contributed by atoms with E-state index < -0.39 is 0 Å². The van der Waals surface area contributed by atoms with Gasteiger partial charge in [-0.25, -0.2) is 14.8 Å². The van der Waals surface area contributed by atoms with E-state index in [1.165, 1.54) is 0 Å². The molecule has 2 unspecified atom stereocenters. The van der Waals surface area contributed by atoms with E-state index in [0.29, 0.717) is 18.4 Å². The SMILES string of the molecule is Cc1csc(C(C)Nc2nccc(N3C(=O)OCC3C(C)C)n2)n1. The van der Waals surface area contributed by atoms with E-state index >= 15 is 0 Å². The molecule has 2 aromatic heterocycles. The largest absolute Gasteiger partial charge is 0.447 e. The number of carbonyl (C=O) groups excluding carboxylic acids is 1. The molecule has 0 radical (unpaired) electrons. The highest BCUT2D eigenvalue weighted by molar-refractivity contribution is 7.09. The lowest BCUT2D eigenvalue weighted by molar-refractivity contribution is 0.177. The number of rotatable bonds is 5. The number of aromatic nitrogens is 3. The van der Waals surface area contributed by atoms with Crippen LogP contribution in [0.4, 0.5) is 16.6 Å². The number of thiazole rings is 1. The van der Waals surface area contributed by atoms with Gasteiger partial charge in [-0.2, -0.15) is 4.98 Å². The summed E-state index contributed by atoms with van der Waals surface area (Å²) in [6.07, 6.45) is 1.29. The van der Waals surface area contributed by atoms with Crippen molar-refractivity contribution in [3.05, 3.63) is 28.3 Å². The second-order valence-electron chi connectivity index (χ2n) is 6.19. The summed E-state index contributed by atoms with van der Waals surface area (Å²) >= 11 is 1.60. The molecule has 3 rings (SSSR count). The Morgan fingerprint density at radius 3 is 2.83 bits per heavy atom. The molecule has 2 aromatic rings. The van der Waals surface area contributed by atoms with E-state index in [9.17, 15) is 4.79 Å². The first-order valence-electron chi connectivity index (χ1n) is 7.93. The van der Waals surface area contributed by atoms with E-state index in [1.54, 1.807) is 28.5 Å². The van der Waals surface area contributed by atoms with Gasteiger partial charge in [-0.05, 0) is 25.8 Å². The lowest BCUT2D eigenvalue weighted by Gasteiger charge is -2.23. The summed E-state index contributed by atoms with van der Waals surface area (Å²) in [7, 11) is 0. The first-order valence-corrected chi connectivity index (χ1v) is 8.81. The molecule has 8 heteroatoms. The van der Waals surface area contributed by atoms with Crippen molar-refractivity contribution in [1.29, 1.82) is 0 Å². The zero-order valence-corrected chi connectivity index (χ0v) is 15.0. The number of ether oxygens (including phenoxy) is 1. The van der Waals surface area contributed by atoms with E-state index in [0.717, 1.165) is 10.7 Å². The Hall–Kier alpha value is -2.22. The average molecular weight is 347 g/mol. The molecule has 0 aliphatic carbocycles. The topological polar surface area (TPSA) is 80.2 Å². The maximum Gasteiger partial charge on any atom is 0.415 e. The molecule has 128 valence electrons. The maximum atomic E-state index is 12.1. The van der Waals surface area contributed by atoms with Gasteiger partial charge in [0.2, 0.25) is 5.95 Å². The normalized spacial score (nSPS) is 18.8. The van der Waals surface area contributed by atoms with Crippen LogP contribution in [0.25, 0.3) is 0 Å². The third-order valence-electron chi connectivity index (χ3n) is 3.92. The fourth-order valence-electron chi connectivity index (χ4n) is 2.57. The minimum absolute atomic E-state index is 0.00891. The van der Waals surface area contributed by atoms with Gasteiger partial charge in [0.15, 0.2) is 0 Å². The molecule has 3 heterocycles. The van der Waals surface area contributed by atoms with E-state index in [4.69, 9.17) is 4.74 Å². The van der Waals surface area contributed by atoms with Crippen LogP contribution >= 0.6 is 11.3 Å². The number of carbonyl (C=O) groups is 1. The average Bonchev–Trinajstić information content (AvgIpc) is 3.13. The number of hydrogen-bond acceptors (Lipinski definition) is 7. The van der Waals surface area contributed by atoms with Gasteiger partial charge >= 0.3 is 6.09 Å². The van der Waals surface area contributed by atoms with Crippen molar-refractivity contribution in [2.75, 3.05) is 16.8 Å². The Labute approximate surface area is 145 Å². The molecule has 1 N–H and O–H groups in total. The summed E-state index contributed by atoms with van der Waals surface area (Å²) < 4.78 is 5.18.